The predicted molar refractivity (Wildman–Crippen MR) is 99.5 cm³/mol. The Bertz CT molecular complexity index is 891. The van der Waals surface area contributed by atoms with Crippen molar-refractivity contribution in [1.82, 2.24) is 14.9 Å². The molecule has 4 rings (SSSR count). The molecule has 1 heterocycles. The minimum Gasteiger partial charge on any atom is -0.355 e. The molecule has 4 heteroatoms. The van der Waals surface area contributed by atoms with Gasteiger partial charge in [0.2, 0.25) is 5.91 Å². The fraction of sp³-hybridized carbons (Fsp3) is 0.333. The lowest BCUT2D eigenvalue weighted by atomic mass is 10.1. The predicted octanol–water partition coefficient (Wildman–Crippen LogP) is 3.46. The molecular weight excluding hydrogens is 310 g/mol. The van der Waals surface area contributed by atoms with E-state index in [0.29, 0.717) is 6.54 Å². The summed E-state index contributed by atoms with van der Waals surface area (Å²) in [5.41, 5.74) is 4.68. The number of amides is 1. The molecule has 0 spiro atoms. The van der Waals surface area contributed by atoms with Crippen molar-refractivity contribution in [1.29, 1.82) is 0 Å². The highest BCUT2D eigenvalue weighted by molar-refractivity contribution is 5.80. The molecule has 128 valence electrons. The zero-order valence-corrected chi connectivity index (χ0v) is 14.5. The highest BCUT2D eigenvalue weighted by Gasteiger charge is 2.29. The first-order valence-electron chi connectivity index (χ1n) is 8.98. The number of aromatic nitrogens is 2. The normalized spacial score (nSPS) is 14.0. The lowest BCUT2D eigenvalue weighted by Gasteiger charge is -2.10. The van der Waals surface area contributed by atoms with Gasteiger partial charge >= 0.3 is 0 Å². The number of carbonyl (C=O) groups is 1. The summed E-state index contributed by atoms with van der Waals surface area (Å²) >= 11 is 0. The summed E-state index contributed by atoms with van der Waals surface area (Å²) in [4.78, 5) is 16.6. The number of para-hydroxylation sites is 2. The Morgan fingerprint density at radius 1 is 1.16 bits per heavy atom. The van der Waals surface area contributed by atoms with Gasteiger partial charge in [-0.15, -0.1) is 0 Å². The Labute approximate surface area is 147 Å². The second-order valence-corrected chi connectivity index (χ2v) is 6.90. The van der Waals surface area contributed by atoms with E-state index < -0.39 is 0 Å². The van der Waals surface area contributed by atoms with E-state index in [2.05, 4.69) is 47.1 Å². The topological polar surface area (TPSA) is 46.9 Å². The zero-order valence-electron chi connectivity index (χ0n) is 14.5. The van der Waals surface area contributed by atoms with Crippen LogP contribution in [0.15, 0.2) is 48.5 Å². The van der Waals surface area contributed by atoms with Crippen LogP contribution >= 0.6 is 0 Å². The van der Waals surface area contributed by atoms with Crippen molar-refractivity contribution >= 4 is 16.9 Å². The maximum Gasteiger partial charge on any atom is 0.223 e. The first kappa shape index (κ1) is 15.9. The monoisotopic (exact) mass is 333 g/mol. The third kappa shape index (κ3) is 3.58. The third-order valence-electron chi connectivity index (χ3n) is 4.79. The van der Waals surface area contributed by atoms with Crippen molar-refractivity contribution in [2.45, 2.75) is 32.7 Å². The van der Waals surface area contributed by atoms with Crippen molar-refractivity contribution < 1.29 is 4.79 Å². The minimum atomic E-state index is 0.196. The summed E-state index contributed by atoms with van der Waals surface area (Å²) < 4.78 is 2.27. The largest absolute Gasteiger partial charge is 0.355 e. The van der Waals surface area contributed by atoms with Crippen LogP contribution in [0, 0.1) is 12.8 Å². The summed E-state index contributed by atoms with van der Waals surface area (Å²) in [5, 5.41) is 3.04. The summed E-state index contributed by atoms with van der Waals surface area (Å²) in [5.74, 6) is 1.48. The van der Waals surface area contributed by atoms with Crippen molar-refractivity contribution in [3.8, 4) is 0 Å². The summed E-state index contributed by atoms with van der Waals surface area (Å²) in [6, 6.07) is 16.9. The van der Waals surface area contributed by atoms with Gasteiger partial charge in [-0.2, -0.15) is 0 Å². The molecule has 1 aliphatic rings. The van der Waals surface area contributed by atoms with Gasteiger partial charge in [-0.05, 0) is 37.5 Å². The van der Waals surface area contributed by atoms with E-state index in [1.165, 1.54) is 11.1 Å². The lowest BCUT2D eigenvalue weighted by molar-refractivity contribution is -0.122. The summed E-state index contributed by atoms with van der Waals surface area (Å²) in [6.07, 6.45) is 2.83. The third-order valence-corrected chi connectivity index (χ3v) is 4.79. The number of imidazole rings is 1. The van der Waals surface area contributed by atoms with Gasteiger partial charge in [-0.3, -0.25) is 4.79 Å². The Morgan fingerprint density at radius 3 is 2.68 bits per heavy atom. The van der Waals surface area contributed by atoms with Crippen LogP contribution < -0.4 is 5.32 Å². The van der Waals surface area contributed by atoms with E-state index in [1.54, 1.807) is 0 Å². The van der Waals surface area contributed by atoms with Gasteiger partial charge in [0.25, 0.3) is 0 Å². The van der Waals surface area contributed by atoms with Crippen LogP contribution in [0.2, 0.25) is 0 Å². The van der Waals surface area contributed by atoms with Crippen molar-refractivity contribution in [2.24, 2.45) is 5.92 Å². The number of nitrogens with zero attached hydrogens (tertiary/aromatic N) is 2. The smallest absolute Gasteiger partial charge is 0.223 e. The van der Waals surface area contributed by atoms with Crippen LogP contribution in [0.1, 0.15) is 29.8 Å². The van der Waals surface area contributed by atoms with Crippen molar-refractivity contribution in [2.75, 3.05) is 6.54 Å². The van der Waals surface area contributed by atoms with E-state index in [4.69, 9.17) is 4.98 Å². The van der Waals surface area contributed by atoms with E-state index >= 15 is 0 Å². The number of nitrogens with one attached hydrogen (secondary N) is 1. The maximum atomic E-state index is 11.8. The van der Waals surface area contributed by atoms with E-state index in [-0.39, 0.29) is 11.8 Å². The molecule has 1 fully saturated rings. The van der Waals surface area contributed by atoms with Crippen LogP contribution in [0.3, 0.4) is 0 Å². The van der Waals surface area contributed by atoms with Gasteiger partial charge in [0, 0.05) is 25.4 Å². The highest BCUT2D eigenvalue weighted by Crippen LogP contribution is 2.28. The van der Waals surface area contributed by atoms with E-state index in [9.17, 15) is 4.79 Å². The average molecular weight is 333 g/mol. The number of hydrogen-bond donors (Lipinski definition) is 1. The maximum absolute atomic E-state index is 11.8. The lowest BCUT2D eigenvalue weighted by Crippen LogP contribution is -2.27. The molecule has 1 aliphatic carbocycles. The van der Waals surface area contributed by atoms with E-state index in [0.717, 1.165) is 42.7 Å². The summed E-state index contributed by atoms with van der Waals surface area (Å²) in [7, 11) is 0. The average Bonchev–Trinajstić information content (AvgIpc) is 3.41. The molecule has 0 aliphatic heterocycles. The fourth-order valence-corrected chi connectivity index (χ4v) is 3.16. The van der Waals surface area contributed by atoms with Gasteiger partial charge < -0.3 is 9.88 Å². The fourth-order valence-electron chi connectivity index (χ4n) is 3.16. The Balaban J connectivity index is 1.56. The van der Waals surface area contributed by atoms with E-state index in [1.807, 2.05) is 18.2 Å². The number of carbonyl (C=O) groups excluding carboxylic acids is 1. The van der Waals surface area contributed by atoms with Crippen LogP contribution in [0.25, 0.3) is 11.0 Å². The van der Waals surface area contributed by atoms with Gasteiger partial charge in [0.1, 0.15) is 5.82 Å². The van der Waals surface area contributed by atoms with Crippen LogP contribution in [-0.2, 0) is 17.8 Å². The molecule has 1 saturated carbocycles. The Kier molecular flexibility index (Phi) is 4.26. The molecule has 3 aromatic rings. The van der Waals surface area contributed by atoms with Crippen molar-refractivity contribution in [3.05, 3.63) is 65.5 Å². The van der Waals surface area contributed by atoms with Crippen LogP contribution in [0.5, 0.6) is 0 Å². The Hall–Kier alpha value is -2.62. The Morgan fingerprint density at radius 2 is 1.92 bits per heavy atom. The molecule has 0 unspecified atom stereocenters. The molecule has 2 aromatic carbocycles. The van der Waals surface area contributed by atoms with Gasteiger partial charge in [0.05, 0.1) is 11.0 Å². The van der Waals surface area contributed by atoms with Crippen LogP contribution in [0.4, 0.5) is 0 Å². The van der Waals surface area contributed by atoms with Crippen molar-refractivity contribution in [3.63, 3.8) is 0 Å². The molecule has 25 heavy (non-hydrogen) atoms. The standard InChI is InChI=1S/C21H23N3O/c1-15-6-8-16(9-7-15)14-24-19-5-3-2-4-18(19)23-20(24)12-13-22-21(25)17-10-11-17/h2-9,17H,10-14H2,1H3,(H,22,25). The number of rotatable bonds is 6. The second-order valence-electron chi connectivity index (χ2n) is 6.90. The highest BCUT2D eigenvalue weighted by atomic mass is 16.2. The molecule has 1 N–H and O–H groups in total. The summed E-state index contributed by atoms with van der Waals surface area (Å²) in [6.45, 7) is 3.55. The molecule has 1 aromatic heterocycles. The van der Waals surface area contributed by atoms with Gasteiger partial charge in [-0.25, -0.2) is 4.98 Å². The molecule has 0 bridgehead atoms. The van der Waals surface area contributed by atoms with Gasteiger partial charge in [0.15, 0.2) is 0 Å². The number of benzene rings is 2. The molecule has 4 nitrogen and oxygen atoms in total. The van der Waals surface area contributed by atoms with Gasteiger partial charge in [-0.1, -0.05) is 42.0 Å². The zero-order chi connectivity index (χ0) is 17.2. The minimum absolute atomic E-state index is 0.196. The molecule has 0 saturated heterocycles. The van der Waals surface area contributed by atoms with Crippen LogP contribution in [-0.4, -0.2) is 22.0 Å². The molecular formula is C21H23N3O. The molecule has 0 atom stereocenters. The first-order valence-corrected chi connectivity index (χ1v) is 8.98. The molecule has 0 radical (unpaired) electrons. The first-order chi connectivity index (χ1) is 12.2. The quantitative estimate of drug-likeness (QED) is 0.751. The SMILES string of the molecule is Cc1ccc(Cn2c(CCNC(=O)C3CC3)nc3ccccc32)cc1. The number of hydrogen-bond acceptors (Lipinski definition) is 2. The second kappa shape index (κ2) is 6.71. The number of fused-ring (bicyclic) bond motifs is 1. The molecule has 1 amide bonds. The number of aryl methyl sites for hydroxylation is 1.